The molecular weight excluding hydrogens is 174 g/mol. The van der Waals surface area contributed by atoms with Crippen molar-refractivity contribution in [3.8, 4) is 0 Å². The van der Waals surface area contributed by atoms with E-state index >= 15 is 0 Å². The van der Waals surface area contributed by atoms with Crippen LogP contribution < -0.4 is 0 Å². The van der Waals surface area contributed by atoms with Crippen molar-refractivity contribution in [2.45, 2.75) is 51.0 Å². The summed E-state index contributed by atoms with van der Waals surface area (Å²) >= 11 is 0. The van der Waals surface area contributed by atoms with E-state index in [9.17, 15) is 4.79 Å². The van der Waals surface area contributed by atoms with Crippen LogP contribution in [0.15, 0.2) is 0 Å². The molecule has 0 aromatic rings. The highest BCUT2D eigenvalue weighted by molar-refractivity contribution is 5.58. The van der Waals surface area contributed by atoms with Crippen molar-refractivity contribution >= 4 is 6.29 Å². The Balaban J connectivity index is 1.83. The largest absolute Gasteiger partial charge is 0.293 e. The van der Waals surface area contributed by atoms with Gasteiger partial charge in [0.05, 0.1) is 6.04 Å². The second-order valence-electron chi connectivity index (χ2n) is 4.77. The number of rotatable bonds is 3. The van der Waals surface area contributed by atoms with Crippen LogP contribution in [0.1, 0.15) is 44.9 Å². The summed E-state index contributed by atoms with van der Waals surface area (Å²) in [5.41, 5.74) is 0. The molecule has 2 aliphatic rings. The average molecular weight is 194 g/mol. The Kier molecular flexibility index (Phi) is 3.57. The van der Waals surface area contributed by atoms with Crippen molar-refractivity contribution in [3.63, 3.8) is 0 Å². The summed E-state index contributed by atoms with van der Waals surface area (Å²) in [6, 6.07) is 0.115. The summed E-state index contributed by atoms with van der Waals surface area (Å²) in [5.74, 6) is 0.865. The number of likely N-dealkylation sites (tertiary alicyclic amines) is 1. The second-order valence-corrected chi connectivity index (χ2v) is 4.77. The Bertz CT molecular complexity index is 187. The third-order valence-corrected chi connectivity index (χ3v) is 3.72. The van der Waals surface area contributed by atoms with Crippen molar-refractivity contribution in [2.75, 3.05) is 13.1 Å². The number of nitrogens with zero attached hydrogens (tertiary/aromatic N) is 1. The summed E-state index contributed by atoms with van der Waals surface area (Å²) in [7, 11) is 0. The smallest absolute Gasteiger partial charge is 0.217 e. The summed E-state index contributed by atoms with van der Waals surface area (Å²) in [4.78, 5) is 13.1. The zero-order valence-electron chi connectivity index (χ0n) is 8.87. The van der Waals surface area contributed by atoms with E-state index in [-0.39, 0.29) is 6.04 Å². The van der Waals surface area contributed by atoms with Crippen LogP contribution in [0, 0.1) is 5.92 Å². The van der Waals surface area contributed by atoms with Gasteiger partial charge in [-0.05, 0) is 38.1 Å². The maximum atomic E-state index is 10.8. The molecule has 0 spiro atoms. The van der Waals surface area contributed by atoms with Gasteiger partial charge in [0.25, 0.3) is 0 Å². The van der Waals surface area contributed by atoms with E-state index in [4.69, 9.17) is 0 Å². The van der Waals surface area contributed by atoms with Crippen LogP contribution in [0.25, 0.3) is 0 Å². The molecule has 1 aliphatic carbocycles. The monoisotopic (exact) mass is 194 g/mol. The second kappa shape index (κ2) is 4.92. The molecule has 1 unspecified atom stereocenters. The zero-order valence-corrected chi connectivity index (χ0v) is 8.87. The van der Waals surface area contributed by atoms with E-state index in [1.807, 2.05) is 0 Å². The molecule has 1 radical (unpaired) electrons. The molecule has 2 heteroatoms. The first kappa shape index (κ1) is 10.2. The molecule has 79 valence electrons. The molecule has 1 saturated carbocycles. The highest BCUT2D eigenvalue weighted by Crippen LogP contribution is 2.27. The van der Waals surface area contributed by atoms with Crippen molar-refractivity contribution in [2.24, 2.45) is 5.92 Å². The molecule has 1 heterocycles. The van der Waals surface area contributed by atoms with Crippen molar-refractivity contribution in [1.82, 2.24) is 4.90 Å². The molecule has 0 aromatic heterocycles. The Morgan fingerprint density at radius 2 is 1.79 bits per heavy atom. The predicted molar refractivity (Wildman–Crippen MR) is 56.9 cm³/mol. The van der Waals surface area contributed by atoms with Gasteiger partial charge >= 0.3 is 0 Å². The molecule has 14 heavy (non-hydrogen) atoms. The standard InChI is InChI=1S/C12H20NO/c14-10-12-7-3-4-8-13(12)9-11-5-1-2-6-11/h11-12H,1-9H2. The van der Waals surface area contributed by atoms with Gasteiger partial charge in [0.1, 0.15) is 0 Å². The average Bonchev–Trinajstić information content (AvgIpc) is 2.71. The first-order valence-electron chi connectivity index (χ1n) is 6.02. The SMILES string of the molecule is O=[C]C1CCCCN1CC1CCCC1. The molecule has 1 atom stereocenters. The minimum atomic E-state index is 0.115. The van der Waals surface area contributed by atoms with Crippen LogP contribution in [-0.2, 0) is 4.79 Å². The van der Waals surface area contributed by atoms with E-state index in [1.165, 1.54) is 38.5 Å². The summed E-state index contributed by atoms with van der Waals surface area (Å²) in [6.45, 7) is 2.27. The lowest BCUT2D eigenvalue weighted by molar-refractivity contribution is 0.162. The lowest BCUT2D eigenvalue weighted by Crippen LogP contribution is -2.42. The number of piperidine rings is 1. The van der Waals surface area contributed by atoms with Gasteiger partial charge in [-0.2, -0.15) is 0 Å². The van der Waals surface area contributed by atoms with Gasteiger partial charge in [0.2, 0.25) is 6.29 Å². The Morgan fingerprint density at radius 1 is 1.07 bits per heavy atom. The number of hydrogen-bond donors (Lipinski definition) is 0. The lowest BCUT2D eigenvalue weighted by atomic mass is 10.00. The minimum absolute atomic E-state index is 0.115. The molecular formula is C12H20NO. The van der Waals surface area contributed by atoms with Crippen LogP contribution in [0.5, 0.6) is 0 Å². The van der Waals surface area contributed by atoms with Crippen LogP contribution in [0.4, 0.5) is 0 Å². The molecule has 0 N–H and O–H groups in total. The zero-order chi connectivity index (χ0) is 9.80. The van der Waals surface area contributed by atoms with Gasteiger partial charge in [-0.1, -0.05) is 19.3 Å². The fraction of sp³-hybridized carbons (Fsp3) is 0.917. The van der Waals surface area contributed by atoms with Crippen LogP contribution in [0.3, 0.4) is 0 Å². The van der Waals surface area contributed by atoms with Gasteiger partial charge in [-0.15, -0.1) is 0 Å². The molecule has 2 nitrogen and oxygen atoms in total. The quantitative estimate of drug-likeness (QED) is 0.686. The van der Waals surface area contributed by atoms with Crippen LogP contribution in [0.2, 0.25) is 0 Å². The summed E-state index contributed by atoms with van der Waals surface area (Å²) in [5, 5.41) is 0. The Labute approximate surface area is 86.7 Å². The highest BCUT2D eigenvalue weighted by atomic mass is 16.1. The van der Waals surface area contributed by atoms with Gasteiger partial charge < -0.3 is 0 Å². The fourth-order valence-electron chi connectivity index (χ4n) is 2.87. The third-order valence-electron chi connectivity index (χ3n) is 3.72. The van der Waals surface area contributed by atoms with E-state index < -0.39 is 0 Å². The van der Waals surface area contributed by atoms with Crippen LogP contribution >= 0.6 is 0 Å². The van der Waals surface area contributed by atoms with Crippen molar-refractivity contribution in [1.29, 1.82) is 0 Å². The maximum absolute atomic E-state index is 10.8. The summed E-state index contributed by atoms with van der Waals surface area (Å²) < 4.78 is 0. The predicted octanol–water partition coefficient (Wildman–Crippen LogP) is 2.14. The first-order valence-corrected chi connectivity index (χ1v) is 6.02. The van der Waals surface area contributed by atoms with Gasteiger partial charge in [0, 0.05) is 6.54 Å². The first-order chi connectivity index (χ1) is 6.90. The normalized spacial score (nSPS) is 30.7. The molecule has 2 fully saturated rings. The fourth-order valence-corrected chi connectivity index (χ4v) is 2.87. The minimum Gasteiger partial charge on any atom is -0.293 e. The molecule has 0 aromatic carbocycles. The molecule has 2 rings (SSSR count). The van der Waals surface area contributed by atoms with E-state index in [0.29, 0.717) is 0 Å². The summed E-state index contributed by atoms with van der Waals surface area (Å²) in [6.07, 6.45) is 11.3. The third kappa shape index (κ3) is 2.35. The topological polar surface area (TPSA) is 20.3 Å². The van der Waals surface area contributed by atoms with Gasteiger partial charge in [-0.25, -0.2) is 0 Å². The Morgan fingerprint density at radius 3 is 2.50 bits per heavy atom. The molecule has 1 saturated heterocycles. The number of hydrogen-bond acceptors (Lipinski definition) is 2. The molecule has 0 amide bonds. The molecule has 1 aliphatic heterocycles. The van der Waals surface area contributed by atoms with E-state index in [0.717, 1.165) is 25.4 Å². The van der Waals surface area contributed by atoms with Crippen molar-refractivity contribution in [3.05, 3.63) is 0 Å². The van der Waals surface area contributed by atoms with E-state index in [1.54, 1.807) is 0 Å². The van der Waals surface area contributed by atoms with E-state index in [2.05, 4.69) is 11.2 Å². The van der Waals surface area contributed by atoms with Crippen LogP contribution in [-0.4, -0.2) is 30.3 Å². The highest BCUT2D eigenvalue weighted by Gasteiger charge is 2.26. The van der Waals surface area contributed by atoms with Crippen molar-refractivity contribution < 1.29 is 4.79 Å². The van der Waals surface area contributed by atoms with Gasteiger partial charge in [0.15, 0.2) is 0 Å². The number of carbonyl (C=O) groups excluding carboxylic acids is 1. The Hall–Kier alpha value is -0.370. The lowest BCUT2D eigenvalue weighted by Gasteiger charge is -2.33. The van der Waals surface area contributed by atoms with Gasteiger partial charge in [-0.3, -0.25) is 9.69 Å². The maximum Gasteiger partial charge on any atom is 0.217 e. The molecule has 0 bridgehead atoms.